The SMILES string of the molecule is COc1cc(F)ccc1C1CN(C(C)Cc2ccc(C3CN(C(C)C)C3)cc2)C1. The normalized spacial score (nSPS) is 19.8. The molecule has 0 radical (unpaired) electrons. The first-order valence-electron chi connectivity index (χ1n) is 10.8. The zero-order valence-corrected chi connectivity index (χ0v) is 18.1. The zero-order chi connectivity index (χ0) is 20.5. The van der Waals surface area contributed by atoms with E-state index in [4.69, 9.17) is 4.74 Å². The van der Waals surface area contributed by atoms with Crippen molar-refractivity contribution in [2.45, 2.75) is 51.1 Å². The maximum absolute atomic E-state index is 13.4. The zero-order valence-electron chi connectivity index (χ0n) is 18.1. The number of rotatable bonds is 7. The van der Waals surface area contributed by atoms with Gasteiger partial charge in [-0.3, -0.25) is 9.80 Å². The van der Waals surface area contributed by atoms with E-state index in [1.807, 2.05) is 6.07 Å². The molecule has 0 saturated carbocycles. The van der Waals surface area contributed by atoms with Crippen molar-refractivity contribution < 1.29 is 9.13 Å². The fraction of sp³-hybridized carbons (Fsp3) is 0.520. The standard InChI is InChI=1S/C25H33FN2O/c1-17(2)27-13-21(14-27)20-7-5-19(6-8-20)11-18(3)28-15-22(16-28)24-10-9-23(26)12-25(24)29-4/h5-10,12,17-18,21-22H,11,13-16H2,1-4H3. The summed E-state index contributed by atoms with van der Waals surface area (Å²) < 4.78 is 18.8. The molecule has 4 rings (SSSR count). The van der Waals surface area contributed by atoms with Crippen molar-refractivity contribution in [3.63, 3.8) is 0 Å². The molecule has 0 spiro atoms. The summed E-state index contributed by atoms with van der Waals surface area (Å²) in [6.45, 7) is 11.2. The lowest BCUT2D eigenvalue weighted by atomic mass is 9.87. The lowest BCUT2D eigenvalue weighted by Gasteiger charge is -2.44. The summed E-state index contributed by atoms with van der Waals surface area (Å²) >= 11 is 0. The monoisotopic (exact) mass is 396 g/mol. The van der Waals surface area contributed by atoms with Crippen molar-refractivity contribution in [1.82, 2.24) is 9.80 Å². The highest BCUT2D eigenvalue weighted by Gasteiger charge is 2.33. The summed E-state index contributed by atoms with van der Waals surface area (Å²) in [5, 5.41) is 0. The van der Waals surface area contributed by atoms with Gasteiger partial charge in [-0.05, 0) is 49.9 Å². The summed E-state index contributed by atoms with van der Waals surface area (Å²) in [5.74, 6) is 1.56. The Bertz CT molecular complexity index is 823. The molecule has 3 nitrogen and oxygen atoms in total. The second-order valence-electron chi connectivity index (χ2n) is 9.08. The van der Waals surface area contributed by atoms with E-state index in [1.165, 1.54) is 36.3 Å². The van der Waals surface area contributed by atoms with E-state index in [0.29, 0.717) is 29.7 Å². The molecule has 2 aromatic rings. The van der Waals surface area contributed by atoms with Crippen LogP contribution in [-0.4, -0.2) is 55.2 Å². The average molecular weight is 397 g/mol. The molecule has 0 bridgehead atoms. The number of halogens is 1. The Labute approximate surface area is 174 Å². The van der Waals surface area contributed by atoms with E-state index in [9.17, 15) is 4.39 Å². The number of likely N-dealkylation sites (tertiary alicyclic amines) is 2. The number of ether oxygens (including phenoxy) is 1. The molecule has 2 aliphatic heterocycles. The van der Waals surface area contributed by atoms with Gasteiger partial charge < -0.3 is 4.74 Å². The molecule has 2 aromatic carbocycles. The molecule has 1 unspecified atom stereocenters. The predicted molar refractivity (Wildman–Crippen MR) is 116 cm³/mol. The Hall–Kier alpha value is -1.91. The van der Waals surface area contributed by atoms with Crippen LogP contribution in [0.3, 0.4) is 0 Å². The van der Waals surface area contributed by atoms with Gasteiger partial charge in [-0.15, -0.1) is 0 Å². The van der Waals surface area contributed by atoms with Gasteiger partial charge in [-0.2, -0.15) is 0 Å². The number of methoxy groups -OCH3 is 1. The fourth-order valence-corrected chi connectivity index (χ4v) is 4.63. The Balaban J connectivity index is 1.28. The van der Waals surface area contributed by atoms with Crippen molar-refractivity contribution in [2.75, 3.05) is 33.3 Å². The van der Waals surface area contributed by atoms with Crippen LogP contribution in [0.5, 0.6) is 5.75 Å². The Morgan fingerprint density at radius 2 is 1.59 bits per heavy atom. The lowest BCUT2D eigenvalue weighted by molar-refractivity contribution is 0.0989. The summed E-state index contributed by atoms with van der Waals surface area (Å²) in [6, 6.07) is 15.3. The van der Waals surface area contributed by atoms with E-state index >= 15 is 0 Å². The first kappa shape index (κ1) is 20.4. The topological polar surface area (TPSA) is 15.7 Å². The largest absolute Gasteiger partial charge is 0.496 e. The van der Waals surface area contributed by atoms with Crippen LogP contribution >= 0.6 is 0 Å². The van der Waals surface area contributed by atoms with E-state index in [0.717, 1.165) is 25.1 Å². The summed E-state index contributed by atoms with van der Waals surface area (Å²) in [6.07, 6.45) is 1.07. The molecule has 0 aromatic heterocycles. The van der Waals surface area contributed by atoms with Crippen molar-refractivity contribution in [3.05, 3.63) is 65.0 Å². The lowest BCUT2D eigenvalue weighted by Crippen LogP contribution is -2.50. The Kier molecular flexibility index (Phi) is 5.93. The summed E-state index contributed by atoms with van der Waals surface area (Å²) in [7, 11) is 1.62. The van der Waals surface area contributed by atoms with Crippen LogP contribution in [0.15, 0.2) is 42.5 Å². The average Bonchev–Trinajstić information content (AvgIpc) is 2.61. The molecular formula is C25H33FN2O. The second kappa shape index (κ2) is 8.45. The number of hydrogen-bond donors (Lipinski definition) is 0. The Morgan fingerprint density at radius 1 is 0.931 bits per heavy atom. The molecule has 2 fully saturated rings. The van der Waals surface area contributed by atoms with Gasteiger partial charge in [0.2, 0.25) is 0 Å². The molecule has 2 heterocycles. The molecule has 0 aliphatic carbocycles. The first-order chi connectivity index (χ1) is 13.9. The smallest absolute Gasteiger partial charge is 0.126 e. The minimum atomic E-state index is -0.239. The van der Waals surface area contributed by atoms with Crippen LogP contribution in [0.25, 0.3) is 0 Å². The second-order valence-corrected chi connectivity index (χ2v) is 9.08. The van der Waals surface area contributed by atoms with E-state index in [-0.39, 0.29) is 5.82 Å². The van der Waals surface area contributed by atoms with E-state index in [1.54, 1.807) is 7.11 Å². The van der Waals surface area contributed by atoms with Crippen LogP contribution in [0.1, 0.15) is 49.3 Å². The van der Waals surface area contributed by atoms with Gasteiger partial charge in [-0.1, -0.05) is 30.3 Å². The maximum atomic E-state index is 13.4. The van der Waals surface area contributed by atoms with Crippen LogP contribution in [0, 0.1) is 5.82 Å². The van der Waals surface area contributed by atoms with Crippen LogP contribution < -0.4 is 4.74 Å². The maximum Gasteiger partial charge on any atom is 0.126 e. The molecular weight excluding hydrogens is 363 g/mol. The van der Waals surface area contributed by atoms with Gasteiger partial charge in [0.1, 0.15) is 11.6 Å². The van der Waals surface area contributed by atoms with Crippen molar-refractivity contribution in [1.29, 1.82) is 0 Å². The molecule has 2 aliphatic rings. The molecule has 1 atom stereocenters. The number of nitrogens with zero attached hydrogens (tertiary/aromatic N) is 2. The highest BCUT2D eigenvalue weighted by Crippen LogP contribution is 2.35. The molecule has 0 amide bonds. The van der Waals surface area contributed by atoms with Gasteiger partial charge in [0, 0.05) is 56.2 Å². The molecule has 29 heavy (non-hydrogen) atoms. The van der Waals surface area contributed by atoms with Gasteiger partial charge in [0.25, 0.3) is 0 Å². The predicted octanol–water partition coefficient (Wildman–Crippen LogP) is 4.67. The first-order valence-corrected chi connectivity index (χ1v) is 10.8. The third-order valence-corrected chi connectivity index (χ3v) is 6.79. The Morgan fingerprint density at radius 3 is 2.21 bits per heavy atom. The van der Waals surface area contributed by atoms with Crippen molar-refractivity contribution >= 4 is 0 Å². The van der Waals surface area contributed by atoms with Crippen LogP contribution in [0.2, 0.25) is 0 Å². The number of hydrogen-bond acceptors (Lipinski definition) is 3. The summed E-state index contributed by atoms with van der Waals surface area (Å²) in [4.78, 5) is 5.03. The van der Waals surface area contributed by atoms with E-state index < -0.39 is 0 Å². The van der Waals surface area contributed by atoms with Crippen LogP contribution in [-0.2, 0) is 6.42 Å². The van der Waals surface area contributed by atoms with E-state index in [2.05, 4.69) is 54.8 Å². The third kappa shape index (κ3) is 4.34. The molecule has 156 valence electrons. The van der Waals surface area contributed by atoms with Gasteiger partial charge in [-0.25, -0.2) is 4.39 Å². The molecule has 4 heteroatoms. The highest BCUT2D eigenvalue weighted by atomic mass is 19.1. The highest BCUT2D eigenvalue weighted by molar-refractivity contribution is 5.38. The third-order valence-electron chi connectivity index (χ3n) is 6.79. The minimum Gasteiger partial charge on any atom is -0.496 e. The van der Waals surface area contributed by atoms with Crippen molar-refractivity contribution in [2.24, 2.45) is 0 Å². The summed E-state index contributed by atoms with van der Waals surface area (Å²) in [5.41, 5.74) is 4.01. The molecule has 2 saturated heterocycles. The van der Waals surface area contributed by atoms with Gasteiger partial charge in [0.15, 0.2) is 0 Å². The fourth-order valence-electron chi connectivity index (χ4n) is 4.63. The minimum absolute atomic E-state index is 0.239. The quantitative estimate of drug-likeness (QED) is 0.676. The van der Waals surface area contributed by atoms with Gasteiger partial charge >= 0.3 is 0 Å². The van der Waals surface area contributed by atoms with Crippen molar-refractivity contribution in [3.8, 4) is 5.75 Å². The van der Waals surface area contributed by atoms with Crippen LogP contribution in [0.4, 0.5) is 4.39 Å². The number of benzene rings is 2. The van der Waals surface area contributed by atoms with Gasteiger partial charge in [0.05, 0.1) is 7.11 Å². The molecule has 0 N–H and O–H groups in total.